The molecule has 102 valence electrons. The number of hydrogen-bond donors (Lipinski definition) is 1. The van der Waals surface area contributed by atoms with Crippen molar-refractivity contribution >= 4 is 17.3 Å². The minimum atomic E-state index is 0.622. The van der Waals surface area contributed by atoms with Crippen molar-refractivity contribution in [3.05, 3.63) is 33.6 Å². The second kappa shape index (κ2) is 6.52. The topological polar surface area (TPSA) is 47.0 Å². The summed E-state index contributed by atoms with van der Waals surface area (Å²) in [6.45, 7) is 7.55. The summed E-state index contributed by atoms with van der Waals surface area (Å²) in [6.07, 6.45) is 0.973. The van der Waals surface area contributed by atoms with E-state index in [1.165, 1.54) is 9.75 Å². The Morgan fingerprint density at radius 1 is 1.26 bits per heavy atom. The maximum atomic E-state index is 5.54. The average molecular weight is 277 g/mol. The maximum absolute atomic E-state index is 5.54. The van der Waals surface area contributed by atoms with Crippen molar-refractivity contribution in [3.63, 3.8) is 0 Å². The summed E-state index contributed by atoms with van der Waals surface area (Å²) in [5, 5.41) is 3.24. The number of thiophene rings is 1. The number of aryl methyl sites for hydroxylation is 2. The van der Waals surface area contributed by atoms with Gasteiger partial charge in [0.15, 0.2) is 0 Å². The quantitative estimate of drug-likeness (QED) is 0.877. The van der Waals surface area contributed by atoms with E-state index in [0.29, 0.717) is 18.4 Å². The summed E-state index contributed by atoms with van der Waals surface area (Å²) in [4.78, 5) is 11.3. The molecule has 2 heterocycles. The Balaban J connectivity index is 2.01. The molecule has 2 rings (SSSR count). The summed E-state index contributed by atoms with van der Waals surface area (Å²) in [7, 11) is 0. The molecule has 0 atom stereocenters. The number of aromatic nitrogens is 2. The molecule has 0 aliphatic rings. The first-order chi connectivity index (χ1) is 9.17. The lowest BCUT2D eigenvalue weighted by molar-refractivity contribution is 0.305. The van der Waals surface area contributed by atoms with Crippen molar-refractivity contribution in [1.29, 1.82) is 0 Å². The monoisotopic (exact) mass is 277 g/mol. The van der Waals surface area contributed by atoms with Gasteiger partial charge in [-0.2, -0.15) is 4.98 Å². The molecular formula is C14H19N3OS. The van der Waals surface area contributed by atoms with Gasteiger partial charge in [-0.15, -0.1) is 11.3 Å². The molecule has 4 nitrogen and oxygen atoms in total. The summed E-state index contributed by atoms with van der Waals surface area (Å²) in [5.41, 5.74) is 0.908. The zero-order valence-electron chi connectivity index (χ0n) is 11.6. The maximum Gasteiger partial charge on any atom is 0.226 e. The van der Waals surface area contributed by atoms with Crippen LogP contribution in [0.5, 0.6) is 5.88 Å². The molecule has 0 aromatic carbocycles. The number of ether oxygens (including phenoxy) is 1. The highest BCUT2D eigenvalue weighted by molar-refractivity contribution is 7.11. The van der Waals surface area contributed by atoms with Gasteiger partial charge in [-0.25, -0.2) is 4.98 Å². The van der Waals surface area contributed by atoms with Crippen LogP contribution in [0.1, 0.15) is 28.8 Å². The molecule has 0 saturated heterocycles. The number of anilines is 1. The highest BCUT2D eigenvalue weighted by Gasteiger charge is 2.04. The van der Waals surface area contributed by atoms with Gasteiger partial charge in [-0.05, 0) is 32.4 Å². The Labute approximate surface area is 117 Å². The van der Waals surface area contributed by atoms with Crippen LogP contribution in [-0.2, 0) is 6.54 Å². The third kappa shape index (κ3) is 4.21. The number of hydrogen-bond acceptors (Lipinski definition) is 5. The van der Waals surface area contributed by atoms with Gasteiger partial charge in [0.25, 0.3) is 0 Å². The van der Waals surface area contributed by atoms with Crippen LogP contribution in [0.3, 0.4) is 0 Å². The van der Waals surface area contributed by atoms with Crippen LogP contribution >= 0.6 is 11.3 Å². The molecule has 0 spiro atoms. The molecule has 0 fully saturated rings. The molecular weight excluding hydrogens is 258 g/mol. The minimum absolute atomic E-state index is 0.622. The molecule has 0 radical (unpaired) electrons. The molecule has 0 aliphatic carbocycles. The highest BCUT2D eigenvalue weighted by Crippen LogP contribution is 2.17. The van der Waals surface area contributed by atoms with Gasteiger partial charge in [-0.1, -0.05) is 6.92 Å². The van der Waals surface area contributed by atoms with Crippen molar-refractivity contribution in [2.45, 2.75) is 33.7 Å². The van der Waals surface area contributed by atoms with E-state index in [-0.39, 0.29) is 0 Å². The van der Waals surface area contributed by atoms with E-state index in [2.05, 4.69) is 41.3 Å². The first-order valence-electron chi connectivity index (χ1n) is 6.45. The van der Waals surface area contributed by atoms with Gasteiger partial charge in [0, 0.05) is 21.5 Å². The fourth-order valence-corrected chi connectivity index (χ4v) is 2.48. The third-order valence-electron chi connectivity index (χ3n) is 2.50. The van der Waals surface area contributed by atoms with Gasteiger partial charge in [0.05, 0.1) is 13.2 Å². The molecule has 0 saturated carbocycles. The van der Waals surface area contributed by atoms with Crippen LogP contribution in [0.15, 0.2) is 18.2 Å². The lowest BCUT2D eigenvalue weighted by Gasteiger charge is -2.08. The SMILES string of the molecule is CCCOc1cc(C)nc(NCc2ccc(C)s2)n1. The lowest BCUT2D eigenvalue weighted by Crippen LogP contribution is -2.06. The van der Waals surface area contributed by atoms with Crippen LogP contribution < -0.4 is 10.1 Å². The fraction of sp³-hybridized carbons (Fsp3) is 0.429. The average Bonchev–Trinajstić information content (AvgIpc) is 2.79. The first kappa shape index (κ1) is 13.8. The minimum Gasteiger partial charge on any atom is -0.478 e. The van der Waals surface area contributed by atoms with Crippen LogP contribution in [0.4, 0.5) is 5.95 Å². The van der Waals surface area contributed by atoms with Crippen molar-refractivity contribution in [2.24, 2.45) is 0 Å². The second-order valence-corrected chi connectivity index (χ2v) is 5.76. The lowest BCUT2D eigenvalue weighted by atomic mass is 10.4. The molecule has 0 amide bonds. The van der Waals surface area contributed by atoms with Crippen molar-refractivity contribution in [3.8, 4) is 5.88 Å². The van der Waals surface area contributed by atoms with Gasteiger partial charge in [-0.3, -0.25) is 0 Å². The van der Waals surface area contributed by atoms with Crippen LogP contribution in [0.25, 0.3) is 0 Å². The largest absolute Gasteiger partial charge is 0.478 e. The molecule has 0 bridgehead atoms. The molecule has 0 unspecified atom stereocenters. The van der Waals surface area contributed by atoms with Crippen LogP contribution in [0.2, 0.25) is 0 Å². The normalized spacial score (nSPS) is 10.5. The molecule has 5 heteroatoms. The van der Waals surface area contributed by atoms with Gasteiger partial charge in [0.2, 0.25) is 11.8 Å². The van der Waals surface area contributed by atoms with Gasteiger partial charge in [0.1, 0.15) is 0 Å². The summed E-state index contributed by atoms with van der Waals surface area (Å²) < 4.78 is 5.54. The molecule has 2 aromatic heterocycles. The van der Waals surface area contributed by atoms with E-state index in [4.69, 9.17) is 4.74 Å². The van der Waals surface area contributed by atoms with Crippen molar-refractivity contribution in [1.82, 2.24) is 9.97 Å². The van der Waals surface area contributed by atoms with E-state index in [9.17, 15) is 0 Å². The smallest absolute Gasteiger partial charge is 0.226 e. The summed E-state index contributed by atoms with van der Waals surface area (Å²) >= 11 is 1.78. The van der Waals surface area contributed by atoms with E-state index in [0.717, 1.165) is 18.7 Å². The van der Waals surface area contributed by atoms with Crippen molar-refractivity contribution < 1.29 is 4.74 Å². The Bertz CT molecular complexity index is 539. The first-order valence-corrected chi connectivity index (χ1v) is 7.26. The highest BCUT2D eigenvalue weighted by atomic mass is 32.1. The number of rotatable bonds is 6. The van der Waals surface area contributed by atoms with Crippen molar-refractivity contribution in [2.75, 3.05) is 11.9 Å². The van der Waals surface area contributed by atoms with Crippen LogP contribution in [-0.4, -0.2) is 16.6 Å². The number of nitrogens with zero attached hydrogens (tertiary/aromatic N) is 2. The summed E-state index contributed by atoms with van der Waals surface area (Å²) in [6, 6.07) is 6.10. The second-order valence-electron chi connectivity index (χ2n) is 4.39. The number of nitrogens with one attached hydrogen (secondary N) is 1. The van der Waals surface area contributed by atoms with E-state index >= 15 is 0 Å². The Morgan fingerprint density at radius 2 is 2.11 bits per heavy atom. The zero-order chi connectivity index (χ0) is 13.7. The van der Waals surface area contributed by atoms with Gasteiger partial charge >= 0.3 is 0 Å². The fourth-order valence-electron chi connectivity index (χ4n) is 1.65. The Morgan fingerprint density at radius 3 is 2.79 bits per heavy atom. The van der Waals surface area contributed by atoms with E-state index < -0.39 is 0 Å². The van der Waals surface area contributed by atoms with E-state index in [1.54, 1.807) is 11.3 Å². The summed E-state index contributed by atoms with van der Waals surface area (Å²) in [5.74, 6) is 1.26. The predicted octanol–water partition coefficient (Wildman–Crippen LogP) is 3.56. The Kier molecular flexibility index (Phi) is 4.74. The Hall–Kier alpha value is -1.62. The zero-order valence-corrected chi connectivity index (χ0v) is 12.4. The van der Waals surface area contributed by atoms with E-state index in [1.807, 2.05) is 13.0 Å². The molecule has 2 aromatic rings. The van der Waals surface area contributed by atoms with Crippen LogP contribution in [0, 0.1) is 13.8 Å². The molecule has 1 N–H and O–H groups in total. The van der Waals surface area contributed by atoms with Gasteiger partial charge < -0.3 is 10.1 Å². The molecule has 0 aliphatic heterocycles. The standard InChI is InChI=1S/C14H19N3OS/c1-4-7-18-13-8-10(2)16-14(17-13)15-9-12-6-5-11(3)19-12/h5-6,8H,4,7,9H2,1-3H3,(H,15,16,17). The molecule has 19 heavy (non-hydrogen) atoms. The third-order valence-corrected chi connectivity index (χ3v) is 3.50. The predicted molar refractivity (Wildman–Crippen MR) is 78.9 cm³/mol.